The van der Waals surface area contributed by atoms with Gasteiger partial charge in [-0.1, -0.05) is 12.1 Å². The van der Waals surface area contributed by atoms with Crippen molar-refractivity contribution in [2.75, 3.05) is 6.61 Å². The summed E-state index contributed by atoms with van der Waals surface area (Å²) in [5, 5.41) is 21.6. The summed E-state index contributed by atoms with van der Waals surface area (Å²) in [6.07, 6.45) is 3.01. The molecule has 0 N–H and O–H groups in total. The number of rotatable bonds is 4. The molecule has 4 heterocycles. The molecule has 1 atom stereocenters. The van der Waals surface area contributed by atoms with Crippen LogP contribution < -0.4 is 11.0 Å². The van der Waals surface area contributed by atoms with Crippen molar-refractivity contribution in [3.05, 3.63) is 90.8 Å². The molecule has 0 bridgehead atoms. The van der Waals surface area contributed by atoms with Gasteiger partial charge in [-0.3, -0.25) is 24.1 Å². The van der Waals surface area contributed by atoms with Gasteiger partial charge in [0, 0.05) is 24.4 Å². The number of nitriles is 1. The van der Waals surface area contributed by atoms with Crippen molar-refractivity contribution >= 4 is 28.3 Å². The van der Waals surface area contributed by atoms with Crippen LogP contribution in [0.4, 0.5) is 5.69 Å². The Morgan fingerprint density at radius 2 is 2.11 bits per heavy atom. The third-order valence-electron chi connectivity index (χ3n) is 6.58. The topological polar surface area (TPSA) is 145 Å². The Bertz CT molecular complexity index is 1770. The largest absolute Gasteiger partial charge is 0.376 e. The van der Waals surface area contributed by atoms with E-state index in [9.17, 15) is 25.0 Å². The van der Waals surface area contributed by atoms with Gasteiger partial charge in [0.15, 0.2) is 5.49 Å². The number of amides is 1. The quantitative estimate of drug-likeness (QED) is 0.239. The number of ether oxygens (including phenoxy) is 1. The van der Waals surface area contributed by atoms with Crippen LogP contribution in [0, 0.1) is 35.3 Å². The van der Waals surface area contributed by atoms with Crippen molar-refractivity contribution in [3.63, 3.8) is 0 Å². The van der Waals surface area contributed by atoms with E-state index in [1.54, 1.807) is 16.8 Å². The predicted octanol–water partition coefficient (Wildman–Crippen LogP) is 2.97. The van der Waals surface area contributed by atoms with Gasteiger partial charge in [0.05, 0.1) is 34.1 Å². The molecule has 1 fully saturated rings. The van der Waals surface area contributed by atoms with Crippen LogP contribution in [0.3, 0.4) is 0 Å². The summed E-state index contributed by atoms with van der Waals surface area (Å²) in [6, 6.07) is 11.2. The van der Waals surface area contributed by atoms with Gasteiger partial charge < -0.3 is 9.30 Å². The van der Waals surface area contributed by atoms with Crippen LogP contribution in [-0.2, 0) is 11.3 Å². The normalized spacial score (nSPS) is 15.8. The molecule has 4 aromatic rings. The highest BCUT2D eigenvalue weighted by atomic mass is 16.6. The molecule has 0 spiro atoms. The van der Waals surface area contributed by atoms with Gasteiger partial charge in [0.2, 0.25) is 0 Å². The zero-order chi connectivity index (χ0) is 26.3. The molecule has 1 saturated heterocycles. The number of nitro groups is 1. The molecule has 5 rings (SSSR count). The summed E-state index contributed by atoms with van der Waals surface area (Å²) in [4.78, 5) is 46.5. The van der Waals surface area contributed by atoms with E-state index in [1.165, 1.54) is 35.6 Å². The van der Waals surface area contributed by atoms with E-state index >= 15 is 0 Å². The molecular weight excluding hydrogens is 476 g/mol. The highest BCUT2D eigenvalue weighted by Gasteiger charge is 2.23. The summed E-state index contributed by atoms with van der Waals surface area (Å²) in [6.45, 7) is 4.12. The molecule has 0 unspecified atom stereocenters. The molecule has 1 aromatic carbocycles. The van der Waals surface area contributed by atoms with Gasteiger partial charge >= 0.3 is 0 Å². The van der Waals surface area contributed by atoms with E-state index in [-0.39, 0.29) is 57.1 Å². The Morgan fingerprint density at radius 1 is 1.30 bits per heavy atom. The Kier molecular flexibility index (Phi) is 6.11. The van der Waals surface area contributed by atoms with Gasteiger partial charge in [0.1, 0.15) is 17.4 Å². The third kappa shape index (κ3) is 4.17. The van der Waals surface area contributed by atoms with Crippen LogP contribution in [0.5, 0.6) is 0 Å². The zero-order valence-electron chi connectivity index (χ0n) is 20.2. The fourth-order valence-corrected chi connectivity index (χ4v) is 4.66. The number of pyridine rings is 2. The lowest BCUT2D eigenvalue weighted by Crippen LogP contribution is -2.33. The molecular formula is C26H22N6O5. The molecule has 0 saturated carbocycles. The van der Waals surface area contributed by atoms with E-state index in [2.05, 4.69) is 4.99 Å². The van der Waals surface area contributed by atoms with E-state index in [4.69, 9.17) is 9.72 Å². The van der Waals surface area contributed by atoms with Crippen LogP contribution in [-0.4, -0.2) is 37.5 Å². The minimum atomic E-state index is -0.744. The zero-order valence-corrected chi connectivity index (χ0v) is 20.2. The molecule has 11 heteroatoms. The number of carbonyl (C=O) groups excluding carboxylic acids is 1. The number of carbonyl (C=O) groups is 1. The van der Waals surface area contributed by atoms with Crippen molar-refractivity contribution in [1.29, 1.82) is 5.26 Å². The molecule has 11 nitrogen and oxygen atoms in total. The highest BCUT2D eigenvalue weighted by molar-refractivity contribution is 5.97. The van der Waals surface area contributed by atoms with E-state index in [0.717, 1.165) is 18.4 Å². The minimum absolute atomic E-state index is 0.00781. The summed E-state index contributed by atoms with van der Waals surface area (Å²) >= 11 is 0. The SMILES string of the molecule is Cc1c(C(=O)N=c2c(C#N)cc3c(=O)n4cccc(C)c4nc3n2C[C@H]2CCCO2)cccc1[N+](=O)[O-]. The first kappa shape index (κ1) is 24.0. The van der Waals surface area contributed by atoms with Crippen molar-refractivity contribution < 1.29 is 14.5 Å². The molecule has 37 heavy (non-hydrogen) atoms. The second-order valence-corrected chi connectivity index (χ2v) is 8.90. The third-order valence-corrected chi connectivity index (χ3v) is 6.58. The Morgan fingerprint density at radius 3 is 2.81 bits per heavy atom. The number of nitro benzene ring substituents is 1. The van der Waals surface area contributed by atoms with E-state index in [0.29, 0.717) is 12.3 Å². The number of fused-ring (bicyclic) bond motifs is 2. The van der Waals surface area contributed by atoms with Gasteiger partial charge in [-0.15, -0.1) is 0 Å². The highest BCUT2D eigenvalue weighted by Crippen LogP contribution is 2.22. The van der Waals surface area contributed by atoms with Crippen LogP contribution in [0.15, 0.2) is 52.4 Å². The first-order valence-corrected chi connectivity index (χ1v) is 11.7. The Balaban J connectivity index is 1.84. The first-order valence-electron chi connectivity index (χ1n) is 11.7. The summed E-state index contributed by atoms with van der Waals surface area (Å²) < 4.78 is 8.82. The fourth-order valence-electron chi connectivity index (χ4n) is 4.66. The maximum Gasteiger partial charge on any atom is 0.279 e. The van der Waals surface area contributed by atoms with Gasteiger partial charge in [0.25, 0.3) is 17.2 Å². The molecule has 3 aromatic heterocycles. The Labute approximate surface area is 210 Å². The number of aryl methyl sites for hydroxylation is 1. The van der Waals surface area contributed by atoms with Gasteiger partial charge in [-0.2, -0.15) is 10.3 Å². The van der Waals surface area contributed by atoms with Crippen molar-refractivity contribution in [3.8, 4) is 6.07 Å². The summed E-state index contributed by atoms with van der Waals surface area (Å²) in [5.41, 5.74) is 1.18. The monoisotopic (exact) mass is 498 g/mol. The average Bonchev–Trinajstić information content (AvgIpc) is 3.39. The summed E-state index contributed by atoms with van der Waals surface area (Å²) in [7, 11) is 0. The maximum absolute atomic E-state index is 13.4. The lowest BCUT2D eigenvalue weighted by molar-refractivity contribution is -0.385. The molecule has 186 valence electrons. The smallest absolute Gasteiger partial charge is 0.279 e. The Hall–Kier alpha value is -4.69. The van der Waals surface area contributed by atoms with Crippen LogP contribution in [0.2, 0.25) is 0 Å². The van der Waals surface area contributed by atoms with Gasteiger partial charge in [-0.05, 0) is 50.5 Å². The fraction of sp³-hybridized carbons (Fsp3) is 0.269. The van der Waals surface area contributed by atoms with Crippen molar-refractivity contribution in [2.24, 2.45) is 4.99 Å². The molecule has 1 amide bonds. The van der Waals surface area contributed by atoms with Crippen LogP contribution in [0.1, 0.15) is 39.9 Å². The van der Waals surface area contributed by atoms with Crippen LogP contribution in [0.25, 0.3) is 16.7 Å². The maximum atomic E-state index is 13.4. The molecule has 1 aliphatic rings. The van der Waals surface area contributed by atoms with Crippen molar-refractivity contribution in [1.82, 2.24) is 14.0 Å². The lowest BCUT2D eigenvalue weighted by atomic mass is 10.1. The number of aromatic nitrogens is 3. The van der Waals surface area contributed by atoms with E-state index in [1.807, 2.05) is 19.1 Å². The molecule has 0 radical (unpaired) electrons. The second-order valence-electron chi connectivity index (χ2n) is 8.90. The lowest BCUT2D eigenvalue weighted by Gasteiger charge is -2.17. The molecule has 0 aliphatic carbocycles. The predicted molar refractivity (Wildman–Crippen MR) is 133 cm³/mol. The summed E-state index contributed by atoms with van der Waals surface area (Å²) in [5.74, 6) is -0.744. The average molecular weight is 498 g/mol. The van der Waals surface area contributed by atoms with Crippen molar-refractivity contribution in [2.45, 2.75) is 39.3 Å². The number of hydrogen-bond donors (Lipinski definition) is 0. The first-order chi connectivity index (χ1) is 17.8. The molecule has 1 aliphatic heterocycles. The van der Waals surface area contributed by atoms with E-state index < -0.39 is 10.8 Å². The number of hydrogen-bond acceptors (Lipinski definition) is 7. The number of nitrogens with zero attached hydrogens (tertiary/aromatic N) is 6. The number of benzene rings is 1. The van der Waals surface area contributed by atoms with Gasteiger partial charge in [-0.25, -0.2) is 4.98 Å². The van der Waals surface area contributed by atoms with Crippen LogP contribution >= 0.6 is 0 Å². The second kappa shape index (κ2) is 9.40. The standard InChI is InChI=1S/C26H22N6O5/c1-15-6-4-10-30-22(15)28-24-20(26(30)34)12-17(13-27)23(31(24)14-18-7-5-11-37-18)29-25(33)19-8-3-9-21(16(19)2)32(35)36/h3-4,6,8-10,12,18H,5,7,11,14H2,1-2H3/t18-/m1/s1. The minimum Gasteiger partial charge on any atom is -0.376 e.